The quantitative estimate of drug-likeness (QED) is 0.737. The molecule has 2 heterocycles. The Balaban J connectivity index is 2.41. The second-order valence-corrected chi connectivity index (χ2v) is 3.67. The summed E-state index contributed by atoms with van der Waals surface area (Å²) in [6.07, 6.45) is 3.17. The van der Waals surface area contributed by atoms with Crippen molar-refractivity contribution in [3.05, 3.63) is 12.7 Å². The Hall–Kier alpha value is -1.69. The molecule has 0 fully saturated rings. The molecule has 2 aromatic heterocycles. The van der Waals surface area contributed by atoms with E-state index in [1.54, 1.807) is 6.33 Å². The second-order valence-electron chi connectivity index (χ2n) is 3.67. The van der Waals surface area contributed by atoms with Crippen LogP contribution in [0.15, 0.2) is 12.7 Å². The van der Waals surface area contributed by atoms with Crippen molar-refractivity contribution in [2.45, 2.75) is 13.5 Å². The van der Waals surface area contributed by atoms with Crippen molar-refractivity contribution in [1.29, 1.82) is 0 Å². The molecule has 0 radical (unpaired) electrons. The van der Waals surface area contributed by atoms with E-state index in [2.05, 4.69) is 21.9 Å². The van der Waals surface area contributed by atoms with Gasteiger partial charge >= 0.3 is 0 Å². The molecule has 1 atom stereocenters. The average Bonchev–Trinajstić information content (AvgIpc) is 2.63. The highest BCUT2D eigenvalue weighted by atomic mass is 15.1. The Kier molecular flexibility index (Phi) is 2.51. The number of nitrogen functional groups attached to an aromatic ring is 1. The number of hydrogen-bond donors (Lipinski definition) is 2. The van der Waals surface area contributed by atoms with Gasteiger partial charge in [-0.2, -0.15) is 0 Å². The van der Waals surface area contributed by atoms with Gasteiger partial charge in [-0.3, -0.25) is 0 Å². The molecule has 4 N–H and O–H groups in total. The molecule has 0 aliphatic rings. The van der Waals surface area contributed by atoms with Gasteiger partial charge in [0.05, 0.1) is 6.33 Å². The molecular formula is C9H14N6. The Morgan fingerprint density at radius 3 is 2.93 bits per heavy atom. The van der Waals surface area contributed by atoms with Crippen LogP contribution >= 0.6 is 0 Å². The SMILES string of the molecule is CC(CN)Cn1cnc2c(N)ncnc21. The van der Waals surface area contributed by atoms with Crippen molar-refractivity contribution < 1.29 is 0 Å². The van der Waals surface area contributed by atoms with Crippen LogP contribution in [0.25, 0.3) is 11.2 Å². The monoisotopic (exact) mass is 206 g/mol. The van der Waals surface area contributed by atoms with Gasteiger partial charge in [0.2, 0.25) is 0 Å². The molecule has 0 saturated carbocycles. The van der Waals surface area contributed by atoms with Gasteiger partial charge in [-0.05, 0) is 12.5 Å². The molecule has 0 aromatic carbocycles. The Labute approximate surface area is 87.3 Å². The first-order valence-electron chi connectivity index (χ1n) is 4.83. The first-order valence-corrected chi connectivity index (χ1v) is 4.83. The third-order valence-electron chi connectivity index (χ3n) is 2.34. The number of hydrogen-bond acceptors (Lipinski definition) is 5. The lowest BCUT2D eigenvalue weighted by Gasteiger charge is -2.09. The summed E-state index contributed by atoms with van der Waals surface area (Å²) in [6.45, 7) is 3.51. The first-order chi connectivity index (χ1) is 7.22. The van der Waals surface area contributed by atoms with E-state index in [1.807, 2.05) is 4.57 Å². The molecule has 0 spiro atoms. The summed E-state index contributed by atoms with van der Waals surface area (Å²) >= 11 is 0. The second kappa shape index (κ2) is 3.82. The van der Waals surface area contributed by atoms with Crippen molar-refractivity contribution in [3.8, 4) is 0 Å². The first kappa shape index (κ1) is 9.85. The molecule has 0 amide bonds. The van der Waals surface area contributed by atoms with Gasteiger partial charge in [0.25, 0.3) is 0 Å². The van der Waals surface area contributed by atoms with Crippen LogP contribution in [0.2, 0.25) is 0 Å². The van der Waals surface area contributed by atoms with Gasteiger partial charge in [0, 0.05) is 6.54 Å². The molecule has 0 saturated heterocycles. The van der Waals surface area contributed by atoms with Crippen LogP contribution < -0.4 is 11.5 Å². The number of imidazole rings is 1. The summed E-state index contributed by atoms with van der Waals surface area (Å²) < 4.78 is 1.95. The molecule has 6 heteroatoms. The van der Waals surface area contributed by atoms with Gasteiger partial charge in [0.15, 0.2) is 11.5 Å². The third-order valence-corrected chi connectivity index (χ3v) is 2.34. The van der Waals surface area contributed by atoms with Crippen molar-refractivity contribution in [1.82, 2.24) is 19.5 Å². The van der Waals surface area contributed by atoms with Gasteiger partial charge < -0.3 is 16.0 Å². The van der Waals surface area contributed by atoms with Crippen LogP contribution in [-0.4, -0.2) is 26.1 Å². The van der Waals surface area contributed by atoms with Crippen molar-refractivity contribution in [2.75, 3.05) is 12.3 Å². The van der Waals surface area contributed by atoms with Crippen LogP contribution in [0.3, 0.4) is 0 Å². The molecule has 2 rings (SSSR count). The fourth-order valence-corrected chi connectivity index (χ4v) is 1.44. The fourth-order valence-electron chi connectivity index (χ4n) is 1.44. The number of nitrogens with two attached hydrogens (primary N) is 2. The van der Waals surface area contributed by atoms with E-state index in [0.717, 1.165) is 12.2 Å². The van der Waals surface area contributed by atoms with Crippen molar-refractivity contribution in [2.24, 2.45) is 11.7 Å². The summed E-state index contributed by atoms with van der Waals surface area (Å²) in [5.74, 6) is 0.803. The molecule has 80 valence electrons. The summed E-state index contributed by atoms with van der Waals surface area (Å²) in [4.78, 5) is 12.2. The molecule has 1 unspecified atom stereocenters. The molecule has 15 heavy (non-hydrogen) atoms. The number of fused-ring (bicyclic) bond motifs is 1. The highest BCUT2D eigenvalue weighted by Crippen LogP contribution is 2.15. The normalized spacial score (nSPS) is 13.2. The number of anilines is 1. The van der Waals surface area contributed by atoms with E-state index < -0.39 is 0 Å². The van der Waals surface area contributed by atoms with Gasteiger partial charge in [-0.25, -0.2) is 15.0 Å². The topological polar surface area (TPSA) is 95.6 Å². The zero-order valence-electron chi connectivity index (χ0n) is 8.59. The van der Waals surface area contributed by atoms with Gasteiger partial charge in [-0.15, -0.1) is 0 Å². The molecule has 6 nitrogen and oxygen atoms in total. The minimum absolute atomic E-state index is 0.388. The Bertz CT molecular complexity index is 463. The fraction of sp³-hybridized carbons (Fsp3) is 0.444. The van der Waals surface area contributed by atoms with Crippen molar-refractivity contribution >= 4 is 17.0 Å². The molecule has 2 aromatic rings. The maximum atomic E-state index is 5.68. The van der Waals surface area contributed by atoms with Crippen LogP contribution in [0.4, 0.5) is 5.82 Å². The van der Waals surface area contributed by atoms with Gasteiger partial charge in [-0.1, -0.05) is 6.92 Å². The summed E-state index contributed by atoms with van der Waals surface area (Å²) in [6, 6.07) is 0. The summed E-state index contributed by atoms with van der Waals surface area (Å²) in [5, 5.41) is 0. The van der Waals surface area contributed by atoms with E-state index in [1.165, 1.54) is 6.33 Å². The molecule has 0 aliphatic carbocycles. The molecule has 0 bridgehead atoms. The summed E-state index contributed by atoms with van der Waals surface area (Å²) in [5.41, 5.74) is 12.7. The zero-order chi connectivity index (χ0) is 10.8. The van der Waals surface area contributed by atoms with Crippen LogP contribution in [0.5, 0.6) is 0 Å². The largest absolute Gasteiger partial charge is 0.382 e. The number of aromatic nitrogens is 4. The standard InChI is InChI=1S/C9H14N6/c1-6(2-10)3-15-5-14-7-8(11)12-4-13-9(7)15/h4-6H,2-3,10H2,1H3,(H2,11,12,13). The lowest BCUT2D eigenvalue weighted by atomic mass is 10.2. The smallest absolute Gasteiger partial charge is 0.165 e. The minimum Gasteiger partial charge on any atom is -0.382 e. The van der Waals surface area contributed by atoms with Crippen LogP contribution in [0, 0.1) is 5.92 Å². The van der Waals surface area contributed by atoms with E-state index in [0.29, 0.717) is 23.8 Å². The maximum absolute atomic E-state index is 5.68. The zero-order valence-corrected chi connectivity index (χ0v) is 8.59. The number of rotatable bonds is 3. The minimum atomic E-state index is 0.388. The van der Waals surface area contributed by atoms with Crippen LogP contribution in [0.1, 0.15) is 6.92 Å². The number of nitrogens with zero attached hydrogens (tertiary/aromatic N) is 4. The molecule has 0 aliphatic heterocycles. The van der Waals surface area contributed by atoms with E-state index in [4.69, 9.17) is 11.5 Å². The Morgan fingerprint density at radius 2 is 2.20 bits per heavy atom. The van der Waals surface area contributed by atoms with Crippen LogP contribution in [-0.2, 0) is 6.54 Å². The van der Waals surface area contributed by atoms with E-state index >= 15 is 0 Å². The highest BCUT2D eigenvalue weighted by molar-refractivity contribution is 5.80. The summed E-state index contributed by atoms with van der Waals surface area (Å²) in [7, 11) is 0. The predicted octanol–water partition coefficient (Wildman–Crippen LogP) is 0.00330. The third kappa shape index (κ3) is 1.75. The van der Waals surface area contributed by atoms with E-state index in [9.17, 15) is 0 Å². The van der Waals surface area contributed by atoms with Gasteiger partial charge in [0.1, 0.15) is 11.8 Å². The predicted molar refractivity (Wildman–Crippen MR) is 58.0 cm³/mol. The highest BCUT2D eigenvalue weighted by Gasteiger charge is 2.09. The average molecular weight is 206 g/mol. The van der Waals surface area contributed by atoms with E-state index in [-0.39, 0.29) is 0 Å². The lowest BCUT2D eigenvalue weighted by Crippen LogP contribution is -2.16. The van der Waals surface area contributed by atoms with Crippen molar-refractivity contribution in [3.63, 3.8) is 0 Å². The maximum Gasteiger partial charge on any atom is 0.165 e. The molecular weight excluding hydrogens is 192 g/mol. The lowest BCUT2D eigenvalue weighted by molar-refractivity contribution is 0.498. The Morgan fingerprint density at radius 1 is 1.40 bits per heavy atom.